The fraction of sp³-hybridized carbons (Fsp3) is 0.250. The van der Waals surface area contributed by atoms with E-state index in [4.69, 9.17) is 0 Å². The van der Waals surface area contributed by atoms with E-state index in [0.717, 1.165) is 11.1 Å². The molecular weight excluding hydrogens is 356 g/mol. The molecule has 8 nitrogen and oxygen atoms in total. The lowest BCUT2D eigenvalue weighted by molar-refractivity contribution is 0.303. The van der Waals surface area contributed by atoms with Gasteiger partial charge in [-0.25, -0.2) is 4.98 Å². The lowest BCUT2D eigenvalue weighted by Gasteiger charge is -2.16. The number of anilines is 1. The number of rotatable bonds is 7. The predicted octanol–water partition coefficient (Wildman–Crippen LogP) is 3.27. The van der Waals surface area contributed by atoms with Crippen LogP contribution in [0.1, 0.15) is 11.1 Å². The molecule has 2 aromatic heterocycles. The molecule has 0 amide bonds. The van der Waals surface area contributed by atoms with Crippen LogP contribution < -0.4 is 4.90 Å². The number of aliphatic hydroxyl groups excluding tert-OH is 1. The lowest BCUT2D eigenvalue weighted by atomic mass is 10.1. The third-order valence-corrected chi connectivity index (χ3v) is 4.10. The second kappa shape index (κ2) is 9.01. The summed E-state index contributed by atoms with van der Waals surface area (Å²) in [6.45, 7) is 2.58. The molecule has 0 saturated carbocycles. The zero-order chi connectivity index (χ0) is 19.9. The Balaban J connectivity index is 1.90. The van der Waals surface area contributed by atoms with Crippen LogP contribution in [0.25, 0.3) is 11.3 Å². The minimum Gasteiger partial charge on any atom is -0.508 e. The first-order valence-corrected chi connectivity index (χ1v) is 8.84. The number of azo groups is 1. The third kappa shape index (κ3) is 4.86. The van der Waals surface area contributed by atoms with E-state index in [1.165, 1.54) is 0 Å². The van der Waals surface area contributed by atoms with E-state index >= 15 is 0 Å². The summed E-state index contributed by atoms with van der Waals surface area (Å²) < 4.78 is 0. The summed E-state index contributed by atoms with van der Waals surface area (Å²) in [5, 5.41) is 27.5. The van der Waals surface area contributed by atoms with Gasteiger partial charge in [0.25, 0.3) is 0 Å². The molecule has 2 N–H and O–H groups in total. The van der Waals surface area contributed by atoms with Crippen LogP contribution in [0.3, 0.4) is 0 Å². The van der Waals surface area contributed by atoms with Gasteiger partial charge < -0.3 is 15.1 Å². The number of hydrogen-bond donors (Lipinski definition) is 2. The number of phenolic OH excluding ortho intramolecular Hbond substituents is 1. The van der Waals surface area contributed by atoms with Crippen molar-refractivity contribution < 1.29 is 10.2 Å². The minimum atomic E-state index is -0.0111. The van der Waals surface area contributed by atoms with E-state index in [1.807, 2.05) is 31.2 Å². The second-order valence-electron chi connectivity index (χ2n) is 6.32. The number of aromatic hydroxyl groups is 1. The first-order chi connectivity index (χ1) is 13.6. The number of aromatic nitrogens is 3. The molecule has 0 aliphatic rings. The maximum Gasteiger partial charge on any atom is 0.227 e. The maximum atomic E-state index is 9.94. The molecule has 2 heterocycles. The van der Waals surface area contributed by atoms with Crippen molar-refractivity contribution in [3.63, 3.8) is 0 Å². The molecule has 8 heteroatoms. The molecule has 3 aromatic rings. The van der Waals surface area contributed by atoms with Gasteiger partial charge in [-0.05, 0) is 25.1 Å². The smallest absolute Gasteiger partial charge is 0.227 e. The van der Waals surface area contributed by atoms with Gasteiger partial charge in [0.15, 0.2) is 5.82 Å². The van der Waals surface area contributed by atoms with Gasteiger partial charge >= 0.3 is 0 Å². The zero-order valence-corrected chi connectivity index (χ0v) is 15.8. The quantitative estimate of drug-likeness (QED) is 0.611. The molecule has 0 fully saturated rings. The molecule has 0 radical (unpaired) electrons. The average molecular weight is 378 g/mol. The van der Waals surface area contributed by atoms with E-state index in [2.05, 4.69) is 25.2 Å². The third-order valence-electron chi connectivity index (χ3n) is 4.10. The summed E-state index contributed by atoms with van der Waals surface area (Å²) in [5.41, 5.74) is 3.30. The number of likely N-dealkylation sites (N-methyl/N-ethyl adjacent to an activating group) is 1. The topological polar surface area (TPSA) is 107 Å². The number of aliphatic hydroxyl groups is 1. The first kappa shape index (κ1) is 19.4. The number of aryl methyl sites for hydroxylation is 1. The van der Waals surface area contributed by atoms with Gasteiger partial charge in [0.1, 0.15) is 5.75 Å². The highest BCUT2D eigenvalue weighted by Gasteiger charge is 2.10. The van der Waals surface area contributed by atoms with Crippen LogP contribution >= 0.6 is 0 Å². The van der Waals surface area contributed by atoms with Crippen molar-refractivity contribution in [2.24, 2.45) is 10.2 Å². The van der Waals surface area contributed by atoms with Crippen molar-refractivity contribution in [1.29, 1.82) is 0 Å². The lowest BCUT2D eigenvalue weighted by Crippen LogP contribution is -2.23. The Morgan fingerprint density at radius 2 is 1.86 bits per heavy atom. The van der Waals surface area contributed by atoms with Crippen LogP contribution in [0.2, 0.25) is 0 Å². The normalized spacial score (nSPS) is 11.1. The molecule has 0 unspecified atom stereocenters. The van der Waals surface area contributed by atoms with Crippen LogP contribution in [0.4, 0.5) is 11.8 Å². The molecule has 0 aliphatic carbocycles. The zero-order valence-electron chi connectivity index (χ0n) is 15.8. The average Bonchev–Trinajstić information content (AvgIpc) is 2.71. The van der Waals surface area contributed by atoms with Crippen LogP contribution in [0, 0.1) is 6.92 Å². The van der Waals surface area contributed by atoms with Gasteiger partial charge in [-0.2, -0.15) is 10.1 Å². The minimum absolute atomic E-state index is 0.0111. The molecule has 0 saturated heterocycles. The van der Waals surface area contributed by atoms with Gasteiger partial charge in [0.05, 0.1) is 18.8 Å². The Bertz CT molecular complexity index is 962. The Kier molecular flexibility index (Phi) is 6.23. The summed E-state index contributed by atoms with van der Waals surface area (Å²) in [5.74, 6) is 1.03. The fourth-order valence-electron chi connectivity index (χ4n) is 2.59. The largest absolute Gasteiger partial charge is 0.508 e. The van der Waals surface area contributed by atoms with Crippen molar-refractivity contribution >= 4 is 11.8 Å². The highest BCUT2D eigenvalue weighted by molar-refractivity contribution is 5.63. The number of benzene rings is 1. The molecule has 1 aromatic carbocycles. The summed E-state index contributed by atoms with van der Waals surface area (Å²) in [7, 11) is 1.80. The van der Waals surface area contributed by atoms with E-state index in [0.29, 0.717) is 29.6 Å². The number of hydrogen-bond acceptors (Lipinski definition) is 8. The SMILES string of the molecule is Cc1ccc(O)c(CN=Nc2cc(-c3ccncc3)nc(N(C)CCO)n2)c1. The predicted molar refractivity (Wildman–Crippen MR) is 107 cm³/mol. The van der Waals surface area contributed by atoms with Gasteiger partial charge in [-0.15, -0.1) is 5.11 Å². The number of nitrogens with zero attached hydrogens (tertiary/aromatic N) is 6. The standard InChI is InChI=1S/C20H22N6O2/c1-14-3-4-18(28)16(11-14)13-22-25-19-12-17(15-5-7-21-8-6-15)23-20(24-19)26(2)9-10-27/h3-8,11-12,27-28H,9-10,13H2,1-2H3. The van der Waals surface area contributed by atoms with Gasteiger partial charge in [-0.3, -0.25) is 4.98 Å². The maximum absolute atomic E-state index is 9.94. The Morgan fingerprint density at radius 1 is 1.07 bits per heavy atom. The van der Waals surface area contributed by atoms with Crippen molar-refractivity contribution in [3.05, 3.63) is 59.9 Å². The van der Waals surface area contributed by atoms with Crippen molar-refractivity contribution in [3.8, 4) is 17.0 Å². The molecule has 3 rings (SSSR count). The molecule has 144 valence electrons. The number of pyridine rings is 1. The van der Waals surface area contributed by atoms with Crippen LogP contribution in [-0.2, 0) is 6.54 Å². The molecule has 0 aliphatic heterocycles. The van der Waals surface area contributed by atoms with E-state index in [1.54, 1.807) is 36.5 Å². The highest BCUT2D eigenvalue weighted by Crippen LogP contribution is 2.25. The first-order valence-electron chi connectivity index (χ1n) is 8.84. The van der Waals surface area contributed by atoms with Gasteiger partial charge in [0.2, 0.25) is 5.95 Å². The Labute approximate surface area is 163 Å². The van der Waals surface area contributed by atoms with E-state index in [-0.39, 0.29) is 18.9 Å². The van der Waals surface area contributed by atoms with E-state index in [9.17, 15) is 10.2 Å². The summed E-state index contributed by atoms with van der Waals surface area (Å²) in [6.07, 6.45) is 3.38. The molecule has 0 bridgehead atoms. The Morgan fingerprint density at radius 3 is 2.61 bits per heavy atom. The monoisotopic (exact) mass is 378 g/mol. The van der Waals surface area contributed by atoms with Gasteiger partial charge in [0, 0.05) is 43.2 Å². The van der Waals surface area contributed by atoms with Gasteiger partial charge in [-0.1, -0.05) is 17.7 Å². The van der Waals surface area contributed by atoms with Crippen molar-refractivity contribution in [2.75, 3.05) is 25.1 Å². The van der Waals surface area contributed by atoms with Crippen LogP contribution in [0.15, 0.2) is 59.0 Å². The highest BCUT2D eigenvalue weighted by atomic mass is 16.3. The Hall–Kier alpha value is -3.39. The fourth-order valence-corrected chi connectivity index (χ4v) is 2.59. The van der Waals surface area contributed by atoms with Crippen LogP contribution in [-0.4, -0.2) is 45.4 Å². The van der Waals surface area contributed by atoms with Crippen molar-refractivity contribution in [2.45, 2.75) is 13.5 Å². The molecular formula is C20H22N6O2. The van der Waals surface area contributed by atoms with E-state index < -0.39 is 0 Å². The summed E-state index contributed by atoms with van der Waals surface area (Å²) in [4.78, 5) is 14.7. The summed E-state index contributed by atoms with van der Waals surface area (Å²) >= 11 is 0. The second-order valence-corrected chi connectivity index (χ2v) is 6.32. The molecule has 0 atom stereocenters. The number of phenols is 1. The molecule has 28 heavy (non-hydrogen) atoms. The van der Waals surface area contributed by atoms with Crippen LogP contribution in [0.5, 0.6) is 5.75 Å². The summed E-state index contributed by atoms with van der Waals surface area (Å²) in [6, 6.07) is 10.8. The molecule has 0 spiro atoms. The van der Waals surface area contributed by atoms with Crippen molar-refractivity contribution in [1.82, 2.24) is 15.0 Å².